The Labute approximate surface area is 119 Å². The Bertz CT molecular complexity index is 503. The Morgan fingerprint density at radius 1 is 1.40 bits per heavy atom. The van der Waals surface area contributed by atoms with Gasteiger partial charge in [0, 0.05) is 19.8 Å². The van der Waals surface area contributed by atoms with Crippen molar-refractivity contribution in [3.63, 3.8) is 0 Å². The zero-order valence-electron chi connectivity index (χ0n) is 11.2. The monoisotopic (exact) mass is 309 g/mol. The fourth-order valence-electron chi connectivity index (χ4n) is 1.45. The van der Waals surface area contributed by atoms with E-state index in [0.29, 0.717) is 6.20 Å². The Kier molecular flexibility index (Phi) is 4.86. The van der Waals surface area contributed by atoms with Gasteiger partial charge >= 0.3 is 6.18 Å². The lowest BCUT2D eigenvalue weighted by atomic mass is 9.92. The number of rotatable bonds is 4. The molecule has 0 aromatic carbocycles. The van der Waals surface area contributed by atoms with Crippen molar-refractivity contribution in [1.82, 2.24) is 10.3 Å². The van der Waals surface area contributed by atoms with Gasteiger partial charge in [-0.1, -0.05) is 11.6 Å². The van der Waals surface area contributed by atoms with E-state index in [0.717, 1.165) is 6.07 Å². The van der Waals surface area contributed by atoms with Crippen LogP contribution in [0.2, 0.25) is 5.02 Å². The van der Waals surface area contributed by atoms with E-state index in [9.17, 15) is 18.0 Å². The number of carbonyl (C=O) groups excluding carboxylic acids is 1. The first kappa shape index (κ1) is 16.6. The van der Waals surface area contributed by atoms with Crippen molar-refractivity contribution in [2.45, 2.75) is 20.0 Å². The summed E-state index contributed by atoms with van der Waals surface area (Å²) < 4.78 is 37.4. The van der Waals surface area contributed by atoms with Gasteiger partial charge in [-0.05, 0) is 19.9 Å². The fraction of sp³-hybridized carbons (Fsp3) is 0.500. The Hall–Kier alpha value is -1.50. The van der Waals surface area contributed by atoms with E-state index in [4.69, 9.17) is 11.6 Å². The molecule has 20 heavy (non-hydrogen) atoms. The van der Waals surface area contributed by atoms with Crippen LogP contribution in [0.4, 0.5) is 19.0 Å². The third kappa shape index (κ3) is 4.00. The van der Waals surface area contributed by atoms with Crippen molar-refractivity contribution in [3.05, 3.63) is 22.8 Å². The SMILES string of the molecule is CNC(=O)C(C)(C)CNc1ncc(C(F)(F)F)cc1Cl. The summed E-state index contributed by atoms with van der Waals surface area (Å²) in [5, 5.41) is 5.13. The highest BCUT2D eigenvalue weighted by Gasteiger charge is 2.32. The molecule has 0 aliphatic heterocycles. The summed E-state index contributed by atoms with van der Waals surface area (Å²) in [6.45, 7) is 3.57. The molecule has 0 spiro atoms. The molecule has 2 N–H and O–H groups in total. The fourth-order valence-corrected chi connectivity index (χ4v) is 1.68. The smallest absolute Gasteiger partial charge is 0.368 e. The first-order valence-electron chi connectivity index (χ1n) is 5.76. The molecular weight excluding hydrogens is 295 g/mol. The van der Waals surface area contributed by atoms with Crippen LogP contribution >= 0.6 is 11.6 Å². The number of hydrogen-bond donors (Lipinski definition) is 2. The molecule has 8 heteroatoms. The van der Waals surface area contributed by atoms with Gasteiger partial charge in [-0.2, -0.15) is 13.2 Å². The van der Waals surface area contributed by atoms with E-state index < -0.39 is 17.2 Å². The van der Waals surface area contributed by atoms with Crippen molar-refractivity contribution >= 4 is 23.3 Å². The zero-order valence-corrected chi connectivity index (χ0v) is 12.0. The molecule has 0 fully saturated rings. The minimum absolute atomic E-state index is 0.108. The highest BCUT2D eigenvalue weighted by atomic mass is 35.5. The highest BCUT2D eigenvalue weighted by Crippen LogP contribution is 2.32. The molecule has 4 nitrogen and oxygen atoms in total. The predicted octanol–water partition coefficient (Wildman–Crippen LogP) is 2.94. The molecule has 1 rings (SSSR count). The van der Waals surface area contributed by atoms with Gasteiger partial charge in [-0.3, -0.25) is 4.79 Å². The minimum Gasteiger partial charge on any atom is -0.368 e. The molecule has 0 radical (unpaired) electrons. The first-order chi connectivity index (χ1) is 9.08. The molecule has 0 unspecified atom stereocenters. The molecule has 112 valence electrons. The average Bonchev–Trinajstić information content (AvgIpc) is 2.35. The number of alkyl halides is 3. The van der Waals surface area contributed by atoms with E-state index in [-0.39, 0.29) is 23.3 Å². The van der Waals surface area contributed by atoms with Crippen LogP contribution < -0.4 is 10.6 Å². The van der Waals surface area contributed by atoms with Crippen LogP contribution in [0.3, 0.4) is 0 Å². The molecule has 1 aromatic heterocycles. The first-order valence-corrected chi connectivity index (χ1v) is 6.14. The lowest BCUT2D eigenvalue weighted by Crippen LogP contribution is -2.39. The van der Waals surface area contributed by atoms with E-state index in [1.54, 1.807) is 13.8 Å². The predicted molar refractivity (Wildman–Crippen MR) is 70.6 cm³/mol. The maximum absolute atomic E-state index is 12.5. The molecule has 0 bridgehead atoms. The van der Waals surface area contributed by atoms with Crippen LogP contribution in [0.15, 0.2) is 12.3 Å². The van der Waals surface area contributed by atoms with Gasteiger partial charge in [-0.25, -0.2) is 4.98 Å². The van der Waals surface area contributed by atoms with Crippen molar-refractivity contribution in [3.8, 4) is 0 Å². The topological polar surface area (TPSA) is 54.0 Å². The minimum atomic E-state index is -4.49. The third-order valence-corrected chi connectivity index (χ3v) is 3.00. The van der Waals surface area contributed by atoms with Crippen LogP contribution in [-0.2, 0) is 11.0 Å². The summed E-state index contributed by atoms with van der Waals surface area (Å²) in [5.41, 5.74) is -1.67. The Balaban J connectivity index is 2.83. The number of halogens is 4. The van der Waals surface area contributed by atoms with E-state index in [1.165, 1.54) is 7.05 Å². The second-order valence-corrected chi connectivity index (χ2v) is 5.28. The van der Waals surface area contributed by atoms with Gasteiger partial charge in [0.15, 0.2) is 0 Å². The van der Waals surface area contributed by atoms with Crippen molar-refractivity contribution < 1.29 is 18.0 Å². The van der Waals surface area contributed by atoms with E-state index >= 15 is 0 Å². The van der Waals surface area contributed by atoms with Crippen LogP contribution in [0.5, 0.6) is 0 Å². The number of nitrogens with zero attached hydrogens (tertiary/aromatic N) is 1. The van der Waals surface area contributed by atoms with E-state index in [2.05, 4.69) is 15.6 Å². The largest absolute Gasteiger partial charge is 0.417 e. The molecule has 1 aromatic rings. The molecule has 0 aliphatic carbocycles. The summed E-state index contributed by atoms with van der Waals surface area (Å²) in [6.07, 6.45) is -3.79. The van der Waals surface area contributed by atoms with Gasteiger partial charge in [0.2, 0.25) is 5.91 Å². The van der Waals surface area contributed by atoms with Crippen LogP contribution in [-0.4, -0.2) is 24.5 Å². The van der Waals surface area contributed by atoms with Gasteiger partial charge in [-0.15, -0.1) is 0 Å². The van der Waals surface area contributed by atoms with Gasteiger partial charge < -0.3 is 10.6 Å². The van der Waals surface area contributed by atoms with Crippen molar-refractivity contribution in [2.75, 3.05) is 18.9 Å². The third-order valence-electron chi connectivity index (χ3n) is 2.71. The van der Waals surface area contributed by atoms with Crippen LogP contribution in [0.25, 0.3) is 0 Å². The summed E-state index contributed by atoms with van der Waals surface area (Å²) in [4.78, 5) is 15.2. The maximum Gasteiger partial charge on any atom is 0.417 e. The Morgan fingerprint density at radius 2 is 2.00 bits per heavy atom. The number of amides is 1. The second kappa shape index (κ2) is 5.87. The van der Waals surface area contributed by atoms with Crippen molar-refractivity contribution in [2.24, 2.45) is 5.41 Å². The molecule has 1 amide bonds. The number of carbonyl (C=O) groups is 1. The quantitative estimate of drug-likeness (QED) is 0.899. The molecule has 0 saturated heterocycles. The summed E-state index contributed by atoms with van der Waals surface area (Å²) in [7, 11) is 1.51. The number of nitrogens with one attached hydrogen (secondary N) is 2. The second-order valence-electron chi connectivity index (χ2n) is 4.87. The summed E-state index contributed by atoms with van der Waals surface area (Å²) >= 11 is 5.75. The van der Waals surface area contributed by atoms with Gasteiger partial charge in [0.25, 0.3) is 0 Å². The summed E-state index contributed by atoms with van der Waals surface area (Å²) in [6, 6.07) is 0.795. The van der Waals surface area contributed by atoms with E-state index in [1.807, 2.05) is 0 Å². The number of aromatic nitrogens is 1. The number of anilines is 1. The highest BCUT2D eigenvalue weighted by molar-refractivity contribution is 6.33. The Morgan fingerprint density at radius 3 is 2.45 bits per heavy atom. The zero-order chi connectivity index (χ0) is 15.6. The number of pyridine rings is 1. The summed E-state index contributed by atoms with van der Waals surface area (Å²) in [5.74, 6) is -0.0929. The van der Waals surface area contributed by atoms with Gasteiger partial charge in [0.1, 0.15) is 5.82 Å². The molecule has 0 aliphatic rings. The molecular formula is C12H15ClF3N3O. The molecule has 0 saturated carbocycles. The average molecular weight is 310 g/mol. The molecule has 1 heterocycles. The maximum atomic E-state index is 12.5. The normalized spacial score (nSPS) is 12.2. The van der Waals surface area contributed by atoms with Gasteiger partial charge in [0.05, 0.1) is 16.0 Å². The standard InChI is InChI=1S/C12H15ClF3N3O/c1-11(2,10(20)17-3)6-19-9-8(13)4-7(5-18-9)12(14,15)16/h4-5H,6H2,1-3H3,(H,17,20)(H,18,19). The lowest BCUT2D eigenvalue weighted by molar-refractivity contribution is -0.137. The van der Waals surface area contributed by atoms with Crippen LogP contribution in [0, 0.1) is 5.41 Å². The number of hydrogen-bond acceptors (Lipinski definition) is 3. The molecule has 0 atom stereocenters. The lowest BCUT2D eigenvalue weighted by Gasteiger charge is -2.23. The van der Waals surface area contributed by atoms with Crippen molar-refractivity contribution in [1.29, 1.82) is 0 Å². The van der Waals surface area contributed by atoms with Crippen LogP contribution in [0.1, 0.15) is 19.4 Å².